The summed E-state index contributed by atoms with van der Waals surface area (Å²) >= 11 is 0. The number of hydrogen-bond acceptors (Lipinski definition) is 2. The van der Waals surface area contributed by atoms with E-state index in [1.807, 2.05) is 6.92 Å². The van der Waals surface area contributed by atoms with Crippen LogP contribution in [0.4, 0.5) is 4.39 Å². The molecule has 0 fully saturated rings. The fraction of sp³-hybridized carbons (Fsp3) is 0.133. The molecule has 0 amide bonds. The molecule has 0 atom stereocenters. The van der Waals surface area contributed by atoms with Crippen LogP contribution in [0.2, 0.25) is 0 Å². The van der Waals surface area contributed by atoms with Crippen LogP contribution >= 0.6 is 0 Å². The third kappa shape index (κ3) is 3.10. The summed E-state index contributed by atoms with van der Waals surface area (Å²) in [7, 11) is 0. The quantitative estimate of drug-likeness (QED) is 0.654. The van der Waals surface area contributed by atoms with E-state index in [-0.39, 0.29) is 18.3 Å². The van der Waals surface area contributed by atoms with Crippen molar-refractivity contribution in [3.8, 4) is 5.75 Å². The van der Waals surface area contributed by atoms with Crippen LogP contribution in [-0.4, -0.2) is 5.84 Å². The van der Waals surface area contributed by atoms with E-state index in [9.17, 15) is 4.39 Å². The Bertz CT molecular complexity index is 611. The largest absolute Gasteiger partial charge is 0.489 e. The molecule has 0 heterocycles. The lowest BCUT2D eigenvalue weighted by Crippen LogP contribution is -2.12. The van der Waals surface area contributed by atoms with Gasteiger partial charge >= 0.3 is 0 Å². The molecule has 2 rings (SSSR count). The molecule has 0 bridgehead atoms. The van der Waals surface area contributed by atoms with Crippen LogP contribution < -0.4 is 10.5 Å². The zero-order valence-electron chi connectivity index (χ0n) is 10.6. The summed E-state index contributed by atoms with van der Waals surface area (Å²) in [6.45, 7) is 2.03. The number of hydrogen-bond donors (Lipinski definition) is 2. The summed E-state index contributed by atoms with van der Waals surface area (Å²) in [6.07, 6.45) is 0. The van der Waals surface area contributed by atoms with Gasteiger partial charge in [-0.3, -0.25) is 5.41 Å². The van der Waals surface area contributed by atoms with Crippen molar-refractivity contribution in [2.75, 3.05) is 0 Å². The summed E-state index contributed by atoms with van der Waals surface area (Å²) in [5.74, 6) is 0.378. The van der Waals surface area contributed by atoms with Crippen LogP contribution in [0.25, 0.3) is 0 Å². The zero-order chi connectivity index (χ0) is 13.8. The highest BCUT2D eigenvalue weighted by molar-refractivity contribution is 5.96. The summed E-state index contributed by atoms with van der Waals surface area (Å²) in [6, 6.07) is 11.8. The number of halogens is 1. The molecular weight excluding hydrogens is 243 g/mol. The Balaban J connectivity index is 2.11. The van der Waals surface area contributed by atoms with Crippen molar-refractivity contribution in [2.45, 2.75) is 13.5 Å². The van der Waals surface area contributed by atoms with E-state index in [1.165, 1.54) is 6.07 Å². The number of nitrogens with one attached hydrogen (secondary N) is 1. The lowest BCUT2D eigenvalue weighted by molar-refractivity contribution is 0.299. The molecule has 98 valence electrons. The minimum absolute atomic E-state index is 0.0261. The van der Waals surface area contributed by atoms with Crippen molar-refractivity contribution >= 4 is 5.84 Å². The van der Waals surface area contributed by atoms with Crippen molar-refractivity contribution in [1.82, 2.24) is 0 Å². The van der Waals surface area contributed by atoms with Gasteiger partial charge in [0.05, 0.1) is 0 Å². The number of aryl methyl sites for hydroxylation is 1. The number of nitrogens with two attached hydrogens (primary N) is 1. The van der Waals surface area contributed by atoms with Crippen molar-refractivity contribution < 1.29 is 9.13 Å². The second kappa shape index (κ2) is 5.52. The van der Waals surface area contributed by atoms with Crippen LogP contribution in [0.15, 0.2) is 42.5 Å². The van der Waals surface area contributed by atoms with E-state index in [0.29, 0.717) is 16.9 Å². The Labute approximate surface area is 111 Å². The van der Waals surface area contributed by atoms with Crippen LogP contribution in [-0.2, 0) is 6.61 Å². The van der Waals surface area contributed by atoms with E-state index < -0.39 is 0 Å². The van der Waals surface area contributed by atoms with Gasteiger partial charge in [-0.15, -0.1) is 0 Å². The summed E-state index contributed by atoms with van der Waals surface area (Å²) in [5.41, 5.74) is 7.49. The van der Waals surface area contributed by atoms with Gasteiger partial charge in [-0.05, 0) is 36.8 Å². The van der Waals surface area contributed by atoms with Crippen LogP contribution in [0, 0.1) is 18.2 Å². The second-order valence-corrected chi connectivity index (χ2v) is 4.27. The molecule has 0 unspecified atom stereocenters. The molecule has 3 nitrogen and oxygen atoms in total. The monoisotopic (exact) mass is 258 g/mol. The van der Waals surface area contributed by atoms with E-state index >= 15 is 0 Å². The van der Waals surface area contributed by atoms with Crippen molar-refractivity contribution in [3.05, 3.63) is 65.0 Å². The number of ether oxygens (including phenoxy) is 1. The molecule has 0 aliphatic carbocycles. The molecule has 2 aromatic rings. The molecule has 19 heavy (non-hydrogen) atoms. The van der Waals surface area contributed by atoms with Gasteiger partial charge in [-0.25, -0.2) is 4.39 Å². The SMILES string of the molecule is Cc1cc(OCc2ccccc2F)ccc1C(=N)N. The fourth-order valence-electron chi connectivity index (χ4n) is 1.80. The van der Waals surface area contributed by atoms with Gasteiger partial charge < -0.3 is 10.5 Å². The van der Waals surface area contributed by atoms with Crippen LogP contribution in [0.3, 0.4) is 0 Å². The van der Waals surface area contributed by atoms with Gasteiger partial charge in [0.15, 0.2) is 0 Å². The van der Waals surface area contributed by atoms with Gasteiger partial charge in [0.2, 0.25) is 0 Å². The molecule has 0 aromatic heterocycles. The second-order valence-electron chi connectivity index (χ2n) is 4.27. The number of nitrogen functional groups attached to an aromatic ring is 1. The van der Waals surface area contributed by atoms with E-state index in [1.54, 1.807) is 36.4 Å². The molecule has 2 aromatic carbocycles. The van der Waals surface area contributed by atoms with Gasteiger partial charge in [-0.1, -0.05) is 18.2 Å². The smallest absolute Gasteiger partial charge is 0.129 e. The number of benzene rings is 2. The van der Waals surface area contributed by atoms with Crippen molar-refractivity contribution in [3.63, 3.8) is 0 Å². The molecule has 0 saturated heterocycles. The van der Waals surface area contributed by atoms with Gasteiger partial charge in [-0.2, -0.15) is 0 Å². The lowest BCUT2D eigenvalue weighted by Gasteiger charge is -2.10. The Hall–Kier alpha value is -2.36. The van der Waals surface area contributed by atoms with Crippen LogP contribution in [0.5, 0.6) is 5.75 Å². The van der Waals surface area contributed by atoms with Crippen molar-refractivity contribution in [1.29, 1.82) is 5.41 Å². The molecule has 4 heteroatoms. The molecule has 3 N–H and O–H groups in total. The van der Waals surface area contributed by atoms with Gasteiger partial charge in [0.25, 0.3) is 0 Å². The first-order chi connectivity index (χ1) is 9.08. The Morgan fingerprint density at radius 1 is 1.26 bits per heavy atom. The normalized spacial score (nSPS) is 10.2. The highest BCUT2D eigenvalue weighted by atomic mass is 19.1. The molecule has 0 spiro atoms. The summed E-state index contributed by atoms with van der Waals surface area (Å²) in [5, 5.41) is 7.40. The summed E-state index contributed by atoms with van der Waals surface area (Å²) in [4.78, 5) is 0. The lowest BCUT2D eigenvalue weighted by atomic mass is 10.1. The highest BCUT2D eigenvalue weighted by Crippen LogP contribution is 2.18. The molecule has 0 saturated carbocycles. The maximum atomic E-state index is 13.4. The first-order valence-corrected chi connectivity index (χ1v) is 5.89. The average Bonchev–Trinajstić information content (AvgIpc) is 2.37. The Kier molecular flexibility index (Phi) is 3.80. The van der Waals surface area contributed by atoms with E-state index in [0.717, 1.165) is 5.56 Å². The third-order valence-electron chi connectivity index (χ3n) is 2.84. The topological polar surface area (TPSA) is 59.1 Å². The Morgan fingerprint density at radius 2 is 2.00 bits per heavy atom. The number of amidine groups is 1. The third-order valence-corrected chi connectivity index (χ3v) is 2.84. The van der Waals surface area contributed by atoms with E-state index in [4.69, 9.17) is 15.9 Å². The predicted octanol–water partition coefficient (Wildman–Crippen LogP) is 3.00. The molecular formula is C15H15FN2O. The highest BCUT2D eigenvalue weighted by Gasteiger charge is 2.05. The molecule has 0 aliphatic heterocycles. The maximum absolute atomic E-state index is 13.4. The van der Waals surface area contributed by atoms with Crippen molar-refractivity contribution in [2.24, 2.45) is 5.73 Å². The van der Waals surface area contributed by atoms with Gasteiger partial charge in [0.1, 0.15) is 24.0 Å². The zero-order valence-corrected chi connectivity index (χ0v) is 10.6. The van der Waals surface area contributed by atoms with Crippen LogP contribution in [0.1, 0.15) is 16.7 Å². The fourth-order valence-corrected chi connectivity index (χ4v) is 1.80. The average molecular weight is 258 g/mol. The first kappa shape index (κ1) is 13.1. The maximum Gasteiger partial charge on any atom is 0.129 e. The minimum atomic E-state index is -0.278. The predicted molar refractivity (Wildman–Crippen MR) is 72.9 cm³/mol. The first-order valence-electron chi connectivity index (χ1n) is 5.89. The summed E-state index contributed by atoms with van der Waals surface area (Å²) < 4.78 is 19.0. The molecule has 0 aliphatic rings. The molecule has 0 radical (unpaired) electrons. The Morgan fingerprint density at radius 3 is 2.63 bits per heavy atom. The van der Waals surface area contributed by atoms with E-state index in [2.05, 4.69) is 0 Å². The standard InChI is InChI=1S/C15H15FN2O/c1-10-8-12(6-7-13(10)15(17)18)19-9-11-4-2-3-5-14(11)16/h2-8H,9H2,1H3,(H3,17,18). The van der Waals surface area contributed by atoms with Gasteiger partial charge in [0, 0.05) is 11.1 Å². The minimum Gasteiger partial charge on any atom is -0.489 e. The number of rotatable bonds is 4.